The molecule has 7 heteroatoms. The van der Waals surface area contributed by atoms with Crippen molar-refractivity contribution < 1.29 is 13.2 Å². The van der Waals surface area contributed by atoms with Crippen LogP contribution in [0.3, 0.4) is 0 Å². The van der Waals surface area contributed by atoms with Gasteiger partial charge in [0.15, 0.2) is 0 Å². The zero-order valence-corrected chi connectivity index (χ0v) is 16.8. The summed E-state index contributed by atoms with van der Waals surface area (Å²) in [6.45, 7) is 3.19. The van der Waals surface area contributed by atoms with E-state index in [1.165, 1.54) is 0 Å². The molecule has 1 saturated heterocycles. The molecule has 25 heavy (non-hydrogen) atoms. The molecule has 0 spiro atoms. The van der Waals surface area contributed by atoms with Crippen molar-refractivity contribution in [2.45, 2.75) is 56.4 Å². The molecule has 1 aromatic rings. The maximum Gasteiger partial charge on any atom is 0.244 e. The van der Waals surface area contributed by atoms with Crippen molar-refractivity contribution in [3.63, 3.8) is 0 Å². The third-order valence-electron chi connectivity index (χ3n) is 5.55. The van der Waals surface area contributed by atoms with Gasteiger partial charge < -0.3 is 4.90 Å². The van der Waals surface area contributed by atoms with Crippen molar-refractivity contribution in [3.05, 3.63) is 22.2 Å². The summed E-state index contributed by atoms with van der Waals surface area (Å²) in [6.07, 6.45) is 5.57. The van der Waals surface area contributed by atoms with Crippen LogP contribution in [0, 0.1) is 5.92 Å². The highest BCUT2D eigenvalue weighted by Gasteiger charge is 2.38. The summed E-state index contributed by atoms with van der Waals surface area (Å²) in [5, 5.41) is 0. The smallest absolute Gasteiger partial charge is 0.244 e. The lowest BCUT2D eigenvalue weighted by Crippen LogP contribution is -2.42. The van der Waals surface area contributed by atoms with Crippen molar-refractivity contribution >= 4 is 37.5 Å². The van der Waals surface area contributed by atoms with Crippen LogP contribution in [0.1, 0.15) is 44.6 Å². The third kappa shape index (κ3) is 3.04. The number of hydrogen-bond donors (Lipinski definition) is 0. The summed E-state index contributed by atoms with van der Waals surface area (Å²) in [5.41, 5.74) is 1.83. The number of carbonyl (C=O) groups excluding carboxylic acids is 1. The van der Waals surface area contributed by atoms with Gasteiger partial charge in [-0.2, -0.15) is 4.31 Å². The molecule has 2 aliphatic heterocycles. The fourth-order valence-corrected chi connectivity index (χ4v) is 6.69. The van der Waals surface area contributed by atoms with Crippen LogP contribution in [0.4, 0.5) is 5.69 Å². The van der Waals surface area contributed by atoms with Gasteiger partial charge in [-0.05, 0) is 72.7 Å². The van der Waals surface area contributed by atoms with Crippen LogP contribution in [-0.2, 0) is 21.2 Å². The molecule has 0 N–H and O–H groups in total. The number of hydrogen-bond acceptors (Lipinski definition) is 3. The zero-order valence-electron chi connectivity index (χ0n) is 14.4. The van der Waals surface area contributed by atoms with E-state index >= 15 is 0 Å². The minimum Gasteiger partial charge on any atom is -0.312 e. The molecule has 5 nitrogen and oxygen atoms in total. The van der Waals surface area contributed by atoms with Gasteiger partial charge in [0.2, 0.25) is 15.9 Å². The predicted molar refractivity (Wildman–Crippen MR) is 100 cm³/mol. The second-order valence-corrected chi connectivity index (χ2v) is 10.1. The summed E-state index contributed by atoms with van der Waals surface area (Å²) in [5.74, 6) is 0.285. The van der Waals surface area contributed by atoms with Crippen LogP contribution in [0.5, 0.6) is 0 Å². The Balaban J connectivity index is 1.73. The van der Waals surface area contributed by atoms with Gasteiger partial charge in [0.05, 0.1) is 4.90 Å². The van der Waals surface area contributed by atoms with Crippen molar-refractivity contribution in [1.82, 2.24) is 4.31 Å². The topological polar surface area (TPSA) is 57.7 Å². The van der Waals surface area contributed by atoms with E-state index in [9.17, 15) is 13.2 Å². The van der Waals surface area contributed by atoms with Crippen LogP contribution in [0.25, 0.3) is 0 Å². The average Bonchev–Trinajstić information content (AvgIpc) is 3.34. The highest BCUT2D eigenvalue weighted by molar-refractivity contribution is 9.10. The van der Waals surface area contributed by atoms with Crippen molar-refractivity contribution in [2.24, 2.45) is 5.92 Å². The summed E-state index contributed by atoms with van der Waals surface area (Å²) < 4.78 is 28.7. The molecule has 1 aromatic carbocycles. The molecule has 2 heterocycles. The lowest BCUT2D eigenvalue weighted by atomic mass is 10.1. The Labute approximate surface area is 157 Å². The number of piperidine rings is 1. The molecule has 1 aliphatic carbocycles. The second kappa shape index (κ2) is 6.35. The lowest BCUT2D eigenvalue weighted by Gasteiger charge is -2.32. The van der Waals surface area contributed by atoms with Crippen LogP contribution < -0.4 is 4.90 Å². The van der Waals surface area contributed by atoms with E-state index in [4.69, 9.17) is 0 Å². The molecule has 0 aromatic heterocycles. The largest absolute Gasteiger partial charge is 0.312 e. The number of nitrogens with zero attached hydrogens (tertiary/aromatic N) is 2. The molecular formula is C18H23BrN2O3S. The molecule has 136 valence electrons. The average molecular weight is 427 g/mol. The third-order valence-corrected chi connectivity index (χ3v) is 8.52. The van der Waals surface area contributed by atoms with E-state index in [0.29, 0.717) is 17.6 Å². The zero-order chi connectivity index (χ0) is 17.8. The van der Waals surface area contributed by atoms with Crippen LogP contribution in [-0.4, -0.2) is 37.8 Å². The summed E-state index contributed by atoms with van der Waals surface area (Å²) in [7, 11) is -3.57. The Morgan fingerprint density at radius 2 is 1.92 bits per heavy atom. The molecule has 0 unspecified atom stereocenters. The number of rotatable bonds is 3. The van der Waals surface area contributed by atoms with E-state index < -0.39 is 10.0 Å². The molecule has 1 saturated carbocycles. The van der Waals surface area contributed by atoms with Crippen molar-refractivity contribution in [2.75, 3.05) is 18.0 Å². The fourth-order valence-electron chi connectivity index (χ4n) is 3.92. The number of benzene rings is 1. The number of sulfonamides is 1. The molecule has 1 amide bonds. The van der Waals surface area contributed by atoms with Crippen molar-refractivity contribution in [1.29, 1.82) is 0 Å². The van der Waals surface area contributed by atoms with E-state index in [1.54, 1.807) is 15.3 Å². The van der Waals surface area contributed by atoms with E-state index in [1.807, 2.05) is 13.0 Å². The SMILES string of the molecule is C[C@@H]1CCCCN1S(=O)(=O)c1cc2c(cc1Br)CCN2C(=O)C1CC1. The molecule has 2 fully saturated rings. The van der Waals surface area contributed by atoms with Crippen LogP contribution in [0.2, 0.25) is 0 Å². The van der Waals surface area contributed by atoms with Crippen LogP contribution >= 0.6 is 15.9 Å². The highest BCUT2D eigenvalue weighted by Crippen LogP contribution is 2.40. The Morgan fingerprint density at radius 3 is 2.60 bits per heavy atom. The second-order valence-electron chi connectivity index (χ2n) is 7.39. The monoisotopic (exact) mass is 426 g/mol. The van der Waals surface area contributed by atoms with Gasteiger partial charge in [0.1, 0.15) is 0 Å². The minimum atomic E-state index is -3.57. The Kier molecular flexibility index (Phi) is 4.45. The minimum absolute atomic E-state index is 0.0168. The first-order chi connectivity index (χ1) is 11.9. The van der Waals surface area contributed by atoms with Crippen molar-refractivity contribution in [3.8, 4) is 0 Å². The van der Waals surface area contributed by atoms with E-state index in [-0.39, 0.29) is 22.8 Å². The van der Waals surface area contributed by atoms with Crippen LogP contribution in [0.15, 0.2) is 21.5 Å². The van der Waals surface area contributed by atoms with Gasteiger partial charge in [-0.15, -0.1) is 0 Å². The molecule has 0 bridgehead atoms. The lowest BCUT2D eigenvalue weighted by molar-refractivity contribution is -0.119. The number of carbonyl (C=O) groups is 1. The number of fused-ring (bicyclic) bond motifs is 1. The molecular weight excluding hydrogens is 404 g/mol. The maximum absolute atomic E-state index is 13.2. The normalized spacial score (nSPS) is 24.4. The summed E-state index contributed by atoms with van der Waals surface area (Å²) in [4.78, 5) is 14.6. The quantitative estimate of drug-likeness (QED) is 0.744. The van der Waals surface area contributed by atoms with Gasteiger partial charge >= 0.3 is 0 Å². The van der Waals surface area contributed by atoms with Gasteiger partial charge in [-0.1, -0.05) is 6.42 Å². The standard InChI is InChI=1S/C18H23BrN2O3S/c1-12-4-2-3-8-21(12)25(23,24)17-11-16-14(10-15(17)19)7-9-20(16)18(22)13-5-6-13/h10-13H,2-9H2,1H3/t12-/m1/s1. The van der Waals surface area contributed by atoms with Gasteiger partial charge in [-0.3, -0.25) is 4.79 Å². The van der Waals surface area contributed by atoms with E-state index in [2.05, 4.69) is 15.9 Å². The molecule has 1 atom stereocenters. The van der Waals surface area contributed by atoms with Gasteiger partial charge in [-0.25, -0.2) is 8.42 Å². The Bertz CT molecular complexity index is 820. The fraction of sp³-hybridized carbons (Fsp3) is 0.611. The Morgan fingerprint density at radius 1 is 1.16 bits per heavy atom. The maximum atomic E-state index is 13.2. The first-order valence-corrected chi connectivity index (χ1v) is 11.3. The van der Waals surface area contributed by atoms with Gasteiger partial charge in [0, 0.05) is 35.2 Å². The Hall–Kier alpha value is -0.920. The first-order valence-electron chi connectivity index (χ1n) is 9.05. The number of amides is 1. The first kappa shape index (κ1) is 17.5. The number of anilines is 1. The summed E-state index contributed by atoms with van der Waals surface area (Å²) >= 11 is 3.46. The van der Waals surface area contributed by atoms with Gasteiger partial charge in [0.25, 0.3) is 0 Å². The molecule has 0 radical (unpaired) electrons. The molecule has 3 aliphatic rings. The predicted octanol–water partition coefficient (Wildman–Crippen LogP) is 3.31. The number of halogens is 1. The molecule has 4 rings (SSSR count). The highest BCUT2D eigenvalue weighted by atomic mass is 79.9. The van der Waals surface area contributed by atoms with E-state index in [0.717, 1.165) is 49.8 Å². The summed E-state index contributed by atoms with van der Waals surface area (Å²) in [6, 6.07) is 3.61.